The van der Waals surface area contributed by atoms with Crippen LogP contribution in [-0.4, -0.2) is 42.8 Å². The number of guanidine groups is 1. The lowest BCUT2D eigenvalue weighted by molar-refractivity contribution is -0.00933. The van der Waals surface area contributed by atoms with Gasteiger partial charge in [-0.15, -0.1) is 0 Å². The van der Waals surface area contributed by atoms with Crippen molar-refractivity contribution in [3.05, 3.63) is 63.9 Å². The van der Waals surface area contributed by atoms with Crippen LogP contribution in [0.15, 0.2) is 41.5 Å². The second-order valence-corrected chi connectivity index (χ2v) is 11.7. The van der Waals surface area contributed by atoms with Gasteiger partial charge in [0, 0.05) is 42.3 Å². The number of nitrogens with zero attached hydrogens (tertiary/aromatic N) is 2. The molecule has 7 nitrogen and oxygen atoms in total. The monoisotopic (exact) mass is 554 g/mol. The summed E-state index contributed by atoms with van der Waals surface area (Å²) >= 11 is 6.10. The predicted molar refractivity (Wildman–Crippen MR) is 154 cm³/mol. The first-order valence-electron chi connectivity index (χ1n) is 14.4. The Morgan fingerprint density at radius 1 is 1.13 bits per heavy atom. The molecule has 3 aliphatic rings. The molecule has 9 heteroatoms. The molecule has 1 saturated heterocycles. The van der Waals surface area contributed by atoms with Gasteiger partial charge in [0.25, 0.3) is 5.91 Å². The molecule has 3 atom stereocenters. The van der Waals surface area contributed by atoms with Crippen molar-refractivity contribution in [2.75, 3.05) is 19.6 Å². The average molecular weight is 555 g/mol. The third-order valence-corrected chi connectivity index (χ3v) is 9.01. The van der Waals surface area contributed by atoms with Gasteiger partial charge in [-0.3, -0.25) is 20.1 Å². The molecule has 2 fully saturated rings. The van der Waals surface area contributed by atoms with E-state index >= 15 is 4.39 Å². The summed E-state index contributed by atoms with van der Waals surface area (Å²) in [5.74, 6) is 0.571. The number of carbonyl (C=O) groups is 1. The quantitative estimate of drug-likeness (QED) is 0.375. The van der Waals surface area contributed by atoms with Gasteiger partial charge >= 0.3 is 0 Å². The van der Waals surface area contributed by atoms with Crippen LogP contribution < -0.4 is 21.3 Å². The first-order chi connectivity index (χ1) is 18.9. The van der Waals surface area contributed by atoms with Gasteiger partial charge in [-0.25, -0.2) is 4.39 Å². The number of amides is 1. The summed E-state index contributed by atoms with van der Waals surface area (Å²) in [5, 5.41) is 13.3. The second-order valence-electron chi connectivity index (χ2n) is 11.3. The summed E-state index contributed by atoms with van der Waals surface area (Å²) in [6, 6.07) is 9.34. The van der Waals surface area contributed by atoms with Gasteiger partial charge < -0.3 is 16.0 Å². The highest BCUT2D eigenvalue weighted by molar-refractivity contribution is 6.30. The molecular weight excluding hydrogens is 515 g/mol. The van der Waals surface area contributed by atoms with E-state index in [0.717, 1.165) is 55.9 Å². The fourth-order valence-electron chi connectivity index (χ4n) is 6.73. The SMILES string of the molecule is CC1CNC(F)C(c2cc(CNC3=NCCN3)cc(C(=O)NCc3cc(Cl)ccn3)c2)C12CCCCCCC2. The first-order valence-corrected chi connectivity index (χ1v) is 14.7. The number of aliphatic imine (C=N–C) groups is 1. The summed E-state index contributed by atoms with van der Waals surface area (Å²) in [6.45, 7) is 5.26. The van der Waals surface area contributed by atoms with Crippen LogP contribution in [-0.2, 0) is 13.1 Å². The molecule has 1 amide bonds. The highest BCUT2D eigenvalue weighted by Gasteiger charge is 2.50. The van der Waals surface area contributed by atoms with Crippen LogP contribution in [0.3, 0.4) is 0 Å². The van der Waals surface area contributed by atoms with Gasteiger partial charge in [-0.2, -0.15) is 0 Å². The number of aromatic nitrogens is 1. The largest absolute Gasteiger partial charge is 0.355 e. The molecule has 1 aliphatic carbocycles. The Morgan fingerprint density at radius 2 is 1.92 bits per heavy atom. The number of nitrogens with one attached hydrogen (secondary N) is 4. The highest BCUT2D eigenvalue weighted by Crippen LogP contribution is 2.54. The van der Waals surface area contributed by atoms with E-state index < -0.39 is 6.30 Å². The average Bonchev–Trinajstić information content (AvgIpc) is 3.44. The predicted octanol–water partition coefficient (Wildman–Crippen LogP) is 5.06. The zero-order chi connectivity index (χ0) is 27.2. The molecule has 2 aromatic rings. The van der Waals surface area contributed by atoms with E-state index in [1.807, 2.05) is 12.1 Å². The molecule has 2 aliphatic heterocycles. The maximum Gasteiger partial charge on any atom is 0.251 e. The van der Waals surface area contributed by atoms with Crippen molar-refractivity contribution in [1.82, 2.24) is 26.3 Å². The van der Waals surface area contributed by atoms with Crippen molar-refractivity contribution in [2.45, 2.75) is 77.2 Å². The van der Waals surface area contributed by atoms with E-state index in [0.29, 0.717) is 35.3 Å². The lowest BCUT2D eigenvalue weighted by atomic mass is 9.57. The van der Waals surface area contributed by atoms with E-state index in [1.54, 1.807) is 18.3 Å². The zero-order valence-electron chi connectivity index (χ0n) is 22.7. The minimum atomic E-state index is -1.16. The van der Waals surface area contributed by atoms with Gasteiger partial charge in [-0.1, -0.05) is 56.7 Å². The normalized spacial score (nSPS) is 24.8. The molecule has 1 saturated carbocycles. The molecule has 1 aromatic carbocycles. The van der Waals surface area contributed by atoms with Gasteiger partial charge in [-0.05, 0) is 59.6 Å². The Labute approximate surface area is 235 Å². The van der Waals surface area contributed by atoms with Gasteiger partial charge in [0.1, 0.15) is 0 Å². The number of pyridine rings is 1. The maximum atomic E-state index is 16.0. The van der Waals surface area contributed by atoms with Crippen molar-refractivity contribution in [1.29, 1.82) is 0 Å². The van der Waals surface area contributed by atoms with Crippen LogP contribution in [0.5, 0.6) is 0 Å². The standard InChI is InChI=1S/C30H40ClFN6O/c1-20-17-36-27(32)26(30(20)8-5-3-2-4-6-9-30)22-13-21(18-38-29-34-11-12-35-29)14-23(15-22)28(39)37-19-25-16-24(31)7-10-33-25/h7,10,13-16,20,26-27,36H,2-6,8-9,11-12,17-19H2,1H3,(H,37,39)(H2,34,35,38). The van der Waals surface area contributed by atoms with Crippen LogP contribution in [0.25, 0.3) is 0 Å². The van der Waals surface area contributed by atoms with Crippen molar-refractivity contribution in [3.8, 4) is 0 Å². The molecular formula is C30H40ClFN6O. The van der Waals surface area contributed by atoms with Crippen LogP contribution >= 0.6 is 11.6 Å². The van der Waals surface area contributed by atoms with Crippen molar-refractivity contribution >= 4 is 23.5 Å². The number of hydrogen-bond donors (Lipinski definition) is 4. The molecule has 3 unspecified atom stereocenters. The Hall–Kier alpha value is -2.71. The fraction of sp³-hybridized carbons (Fsp3) is 0.567. The Balaban J connectivity index is 1.47. The summed E-state index contributed by atoms with van der Waals surface area (Å²) in [7, 11) is 0. The fourth-order valence-corrected chi connectivity index (χ4v) is 6.91. The summed E-state index contributed by atoms with van der Waals surface area (Å²) in [6.07, 6.45) is 8.43. The Kier molecular flexibility index (Phi) is 9.03. The lowest BCUT2D eigenvalue weighted by Crippen LogP contribution is -2.54. The topological polar surface area (TPSA) is 90.4 Å². The molecule has 3 heterocycles. The van der Waals surface area contributed by atoms with Crippen molar-refractivity contribution < 1.29 is 9.18 Å². The highest BCUT2D eigenvalue weighted by atomic mass is 35.5. The lowest BCUT2D eigenvalue weighted by Gasteiger charge is -2.52. The number of halogens is 2. The first kappa shape index (κ1) is 27.8. The third-order valence-electron chi connectivity index (χ3n) is 8.78. The van der Waals surface area contributed by atoms with E-state index in [2.05, 4.69) is 44.2 Å². The number of rotatable bonds is 6. The number of benzene rings is 1. The van der Waals surface area contributed by atoms with E-state index in [9.17, 15) is 4.79 Å². The van der Waals surface area contributed by atoms with Crippen LogP contribution in [0.4, 0.5) is 4.39 Å². The maximum absolute atomic E-state index is 16.0. The van der Waals surface area contributed by atoms with Crippen molar-refractivity contribution in [2.24, 2.45) is 16.3 Å². The molecule has 210 valence electrons. The smallest absolute Gasteiger partial charge is 0.251 e. The third kappa shape index (κ3) is 6.55. The molecule has 0 radical (unpaired) electrons. The Bertz CT molecular complexity index is 1180. The number of carbonyl (C=O) groups excluding carboxylic acids is 1. The second kappa shape index (κ2) is 12.6. The molecule has 39 heavy (non-hydrogen) atoms. The van der Waals surface area contributed by atoms with Crippen LogP contribution in [0, 0.1) is 11.3 Å². The van der Waals surface area contributed by atoms with Crippen LogP contribution in [0.2, 0.25) is 5.02 Å². The Morgan fingerprint density at radius 3 is 2.67 bits per heavy atom. The molecule has 1 aromatic heterocycles. The number of piperidine rings is 1. The zero-order valence-corrected chi connectivity index (χ0v) is 23.5. The minimum Gasteiger partial charge on any atom is -0.355 e. The molecule has 4 N–H and O–H groups in total. The van der Waals surface area contributed by atoms with E-state index in [-0.39, 0.29) is 23.8 Å². The summed E-state index contributed by atoms with van der Waals surface area (Å²) < 4.78 is 16.0. The van der Waals surface area contributed by atoms with Crippen LogP contribution in [0.1, 0.15) is 85.0 Å². The van der Waals surface area contributed by atoms with Crippen molar-refractivity contribution in [3.63, 3.8) is 0 Å². The molecule has 1 spiro atoms. The summed E-state index contributed by atoms with van der Waals surface area (Å²) in [5.41, 5.74) is 2.91. The van der Waals surface area contributed by atoms with Gasteiger partial charge in [0.05, 0.1) is 18.8 Å². The van der Waals surface area contributed by atoms with Gasteiger partial charge in [0.15, 0.2) is 12.3 Å². The van der Waals surface area contributed by atoms with E-state index in [4.69, 9.17) is 11.6 Å². The molecule has 0 bridgehead atoms. The number of alkyl halides is 1. The number of hydrogen-bond acceptors (Lipinski definition) is 6. The van der Waals surface area contributed by atoms with E-state index in [1.165, 1.54) is 19.3 Å². The summed E-state index contributed by atoms with van der Waals surface area (Å²) in [4.78, 5) is 22.1. The minimum absolute atomic E-state index is 0.132. The van der Waals surface area contributed by atoms with Gasteiger partial charge in [0.2, 0.25) is 0 Å². The molecule has 5 rings (SSSR count).